The summed E-state index contributed by atoms with van der Waals surface area (Å²) in [6.45, 7) is 1.97. The van der Waals surface area contributed by atoms with E-state index in [2.05, 4.69) is 0 Å². The van der Waals surface area contributed by atoms with Crippen molar-refractivity contribution in [3.63, 3.8) is 0 Å². The lowest BCUT2D eigenvalue weighted by molar-refractivity contribution is 0.847. The first-order valence-electron chi connectivity index (χ1n) is 3.93. The second-order valence-electron chi connectivity index (χ2n) is 2.86. The highest BCUT2D eigenvalue weighted by molar-refractivity contribution is 7.99. The van der Waals surface area contributed by atoms with E-state index in [1.165, 1.54) is 0 Å². The molecule has 4 heteroatoms. The molecule has 0 fully saturated rings. The van der Waals surface area contributed by atoms with Crippen molar-refractivity contribution in [3.8, 4) is 0 Å². The third-order valence-electron chi connectivity index (χ3n) is 1.40. The molecule has 0 spiro atoms. The van der Waals surface area contributed by atoms with Gasteiger partial charge in [-0.3, -0.25) is 0 Å². The van der Waals surface area contributed by atoms with Crippen LogP contribution < -0.4 is 5.73 Å². The van der Waals surface area contributed by atoms with Crippen LogP contribution in [0, 0.1) is 0 Å². The van der Waals surface area contributed by atoms with Crippen LogP contribution in [0.4, 0.5) is 0 Å². The summed E-state index contributed by atoms with van der Waals surface area (Å²) in [6.07, 6.45) is 0. The van der Waals surface area contributed by atoms with E-state index in [1.54, 1.807) is 17.8 Å². The van der Waals surface area contributed by atoms with Crippen molar-refractivity contribution in [1.82, 2.24) is 0 Å². The van der Waals surface area contributed by atoms with E-state index in [-0.39, 0.29) is 6.04 Å². The Kier molecular flexibility index (Phi) is 4.39. The van der Waals surface area contributed by atoms with Gasteiger partial charge in [0.25, 0.3) is 0 Å². The van der Waals surface area contributed by atoms with Crippen LogP contribution in [0.5, 0.6) is 0 Å². The molecule has 0 heterocycles. The van der Waals surface area contributed by atoms with Crippen LogP contribution in [0.3, 0.4) is 0 Å². The van der Waals surface area contributed by atoms with E-state index in [4.69, 9.17) is 28.9 Å². The van der Waals surface area contributed by atoms with Crippen molar-refractivity contribution in [2.75, 3.05) is 5.75 Å². The Morgan fingerprint density at radius 2 is 2.15 bits per heavy atom. The van der Waals surface area contributed by atoms with Gasteiger partial charge < -0.3 is 5.73 Å². The number of thioether (sulfide) groups is 1. The Labute approximate surface area is 92.6 Å². The molecule has 0 aliphatic carbocycles. The third-order valence-corrected chi connectivity index (χ3v) is 3.41. The molecule has 1 aromatic rings. The number of nitrogens with two attached hydrogens (primary N) is 1. The van der Waals surface area contributed by atoms with E-state index in [0.29, 0.717) is 10.0 Å². The first-order valence-corrected chi connectivity index (χ1v) is 5.67. The van der Waals surface area contributed by atoms with Crippen molar-refractivity contribution < 1.29 is 0 Å². The molecule has 2 N–H and O–H groups in total. The van der Waals surface area contributed by atoms with Crippen LogP contribution in [-0.2, 0) is 0 Å². The smallest absolute Gasteiger partial charge is 0.0556 e. The molecule has 0 radical (unpaired) electrons. The van der Waals surface area contributed by atoms with Gasteiger partial charge in [0.1, 0.15) is 0 Å². The van der Waals surface area contributed by atoms with E-state index >= 15 is 0 Å². The van der Waals surface area contributed by atoms with E-state index in [9.17, 15) is 0 Å². The molecule has 1 unspecified atom stereocenters. The van der Waals surface area contributed by atoms with Crippen molar-refractivity contribution in [1.29, 1.82) is 0 Å². The topological polar surface area (TPSA) is 26.0 Å². The zero-order chi connectivity index (χ0) is 9.84. The summed E-state index contributed by atoms with van der Waals surface area (Å²) in [5.41, 5.74) is 5.63. The van der Waals surface area contributed by atoms with Crippen LogP contribution in [0.2, 0.25) is 10.0 Å². The zero-order valence-corrected chi connectivity index (χ0v) is 9.59. The van der Waals surface area contributed by atoms with Crippen molar-refractivity contribution >= 4 is 35.0 Å². The highest BCUT2D eigenvalue weighted by atomic mass is 35.5. The molecule has 0 amide bonds. The second kappa shape index (κ2) is 5.11. The molecule has 1 nitrogen and oxygen atoms in total. The van der Waals surface area contributed by atoms with Gasteiger partial charge in [-0.2, -0.15) is 0 Å². The first kappa shape index (κ1) is 11.2. The minimum absolute atomic E-state index is 0.178. The van der Waals surface area contributed by atoms with Gasteiger partial charge in [0, 0.05) is 21.7 Å². The Morgan fingerprint density at radius 3 is 2.69 bits per heavy atom. The van der Waals surface area contributed by atoms with Gasteiger partial charge in [-0.15, -0.1) is 11.8 Å². The standard InChI is InChI=1S/C9H11Cl2NS/c1-6(12)5-13-9-3-2-7(10)4-8(9)11/h2-4,6H,5,12H2,1H3. The predicted molar refractivity (Wildman–Crippen MR) is 60.8 cm³/mol. The summed E-state index contributed by atoms with van der Waals surface area (Å²) in [5, 5.41) is 1.35. The third kappa shape index (κ3) is 3.77. The predicted octanol–water partition coefficient (Wildman–Crippen LogP) is 3.43. The van der Waals surface area contributed by atoms with Crippen LogP contribution in [0.25, 0.3) is 0 Å². The molecule has 1 rings (SSSR count). The van der Waals surface area contributed by atoms with Crippen LogP contribution in [-0.4, -0.2) is 11.8 Å². The summed E-state index contributed by atoms with van der Waals surface area (Å²) >= 11 is 13.4. The van der Waals surface area contributed by atoms with E-state index in [0.717, 1.165) is 10.6 Å². The van der Waals surface area contributed by atoms with Crippen molar-refractivity contribution in [2.45, 2.75) is 17.9 Å². The fourth-order valence-corrected chi connectivity index (χ4v) is 2.19. The van der Waals surface area contributed by atoms with Gasteiger partial charge >= 0.3 is 0 Å². The number of halogens is 2. The van der Waals surface area contributed by atoms with Gasteiger partial charge in [0.05, 0.1) is 5.02 Å². The molecular weight excluding hydrogens is 225 g/mol. The highest BCUT2D eigenvalue weighted by Crippen LogP contribution is 2.29. The molecule has 0 aliphatic heterocycles. The lowest BCUT2D eigenvalue weighted by atomic mass is 10.4. The molecule has 0 saturated carbocycles. The monoisotopic (exact) mass is 235 g/mol. The van der Waals surface area contributed by atoms with Gasteiger partial charge in [0.2, 0.25) is 0 Å². The average Bonchev–Trinajstić information content (AvgIpc) is 2.02. The van der Waals surface area contributed by atoms with Crippen LogP contribution in [0.1, 0.15) is 6.92 Å². The molecule has 1 atom stereocenters. The fourth-order valence-electron chi connectivity index (χ4n) is 0.813. The van der Waals surface area contributed by atoms with Gasteiger partial charge in [-0.05, 0) is 25.1 Å². The summed E-state index contributed by atoms with van der Waals surface area (Å²) in [5.74, 6) is 0.862. The van der Waals surface area contributed by atoms with E-state index < -0.39 is 0 Å². The molecule has 0 saturated heterocycles. The maximum absolute atomic E-state index is 5.97. The summed E-state index contributed by atoms with van der Waals surface area (Å²) in [6, 6.07) is 5.66. The maximum Gasteiger partial charge on any atom is 0.0556 e. The van der Waals surface area contributed by atoms with Gasteiger partial charge in [-0.1, -0.05) is 23.2 Å². The lowest BCUT2D eigenvalue weighted by Crippen LogP contribution is -2.17. The summed E-state index contributed by atoms with van der Waals surface area (Å²) in [7, 11) is 0. The average molecular weight is 236 g/mol. The fraction of sp³-hybridized carbons (Fsp3) is 0.333. The number of rotatable bonds is 3. The van der Waals surface area contributed by atoms with E-state index in [1.807, 2.05) is 19.1 Å². The first-order chi connectivity index (χ1) is 6.09. The number of benzene rings is 1. The minimum atomic E-state index is 0.178. The second-order valence-corrected chi connectivity index (χ2v) is 4.77. The molecule has 1 aromatic carbocycles. The van der Waals surface area contributed by atoms with Crippen LogP contribution in [0.15, 0.2) is 23.1 Å². The Morgan fingerprint density at radius 1 is 1.46 bits per heavy atom. The van der Waals surface area contributed by atoms with Crippen molar-refractivity contribution in [2.24, 2.45) is 5.73 Å². The van der Waals surface area contributed by atoms with Crippen LogP contribution >= 0.6 is 35.0 Å². The van der Waals surface area contributed by atoms with Gasteiger partial charge in [0.15, 0.2) is 0 Å². The summed E-state index contributed by atoms with van der Waals surface area (Å²) in [4.78, 5) is 1.03. The van der Waals surface area contributed by atoms with Gasteiger partial charge in [-0.25, -0.2) is 0 Å². The molecule has 13 heavy (non-hydrogen) atoms. The number of hydrogen-bond acceptors (Lipinski definition) is 2. The zero-order valence-electron chi connectivity index (χ0n) is 7.26. The maximum atomic E-state index is 5.97. The quantitative estimate of drug-likeness (QED) is 0.813. The molecule has 0 aromatic heterocycles. The van der Waals surface area contributed by atoms with Crippen molar-refractivity contribution in [3.05, 3.63) is 28.2 Å². The number of hydrogen-bond donors (Lipinski definition) is 1. The highest BCUT2D eigenvalue weighted by Gasteiger charge is 2.02. The Balaban J connectivity index is 2.67. The molecule has 72 valence electrons. The SMILES string of the molecule is CC(N)CSc1ccc(Cl)cc1Cl. The molecule has 0 aliphatic rings. The summed E-state index contributed by atoms with van der Waals surface area (Å²) < 4.78 is 0. The largest absolute Gasteiger partial charge is 0.327 e. The Hall–Kier alpha value is 0.110. The minimum Gasteiger partial charge on any atom is -0.327 e. The normalized spacial score (nSPS) is 12.9. The lowest BCUT2D eigenvalue weighted by Gasteiger charge is -2.06. The molecular formula is C9H11Cl2NS. The Bertz CT molecular complexity index is 289. The molecule has 0 bridgehead atoms.